The fourth-order valence-corrected chi connectivity index (χ4v) is 4.09. The highest BCUT2D eigenvalue weighted by atomic mass is 19.1. The number of nitrogen functional groups attached to an aromatic ring is 1. The molecule has 29 heavy (non-hydrogen) atoms. The van der Waals surface area contributed by atoms with Crippen LogP contribution in [0.4, 0.5) is 15.8 Å². The minimum atomic E-state index is -0.255. The number of nitrogens with two attached hydrogens (primary N) is 1. The van der Waals surface area contributed by atoms with E-state index in [-0.39, 0.29) is 12.0 Å². The number of rotatable bonds is 3. The number of aromatic nitrogens is 4. The van der Waals surface area contributed by atoms with Crippen molar-refractivity contribution < 1.29 is 9.13 Å². The number of halogens is 1. The van der Waals surface area contributed by atoms with Gasteiger partial charge in [-0.1, -0.05) is 0 Å². The normalized spacial score (nSPS) is 21.2. The van der Waals surface area contributed by atoms with Crippen molar-refractivity contribution in [1.82, 2.24) is 24.6 Å². The van der Waals surface area contributed by atoms with Gasteiger partial charge >= 0.3 is 0 Å². The Morgan fingerprint density at radius 1 is 1.21 bits per heavy atom. The first-order valence-electron chi connectivity index (χ1n) is 10.2. The van der Waals surface area contributed by atoms with E-state index in [0.29, 0.717) is 28.4 Å². The Kier molecular flexibility index (Phi) is 4.63. The number of H-pyrrole nitrogens is 1. The smallest absolute Gasteiger partial charge is 0.161 e. The van der Waals surface area contributed by atoms with E-state index in [9.17, 15) is 4.39 Å². The quantitative estimate of drug-likeness (QED) is 0.704. The summed E-state index contributed by atoms with van der Waals surface area (Å²) in [7, 11) is 2.08. The molecule has 9 heteroatoms. The number of benzene rings is 1. The van der Waals surface area contributed by atoms with Crippen LogP contribution in [0.15, 0.2) is 18.3 Å². The predicted octanol–water partition coefficient (Wildman–Crippen LogP) is 2.60. The van der Waals surface area contributed by atoms with Crippen molar-refractivity contribution in [2.45, 2.75) is 25.5 Å². The average molecular weight is 399 g/mol. The van der Waals surface area contributed by atoms with Gasteiger partial charge in [-0.25, -0.2) is 14.1 Å². The standard InChI is InChI=1S/C20H26FN7O/c1-26-5-7-27(8-6-26)17-11-16-15(10-13(17)21)23-20(24-16)19-14(22)12-28(25-19)18-4-2-3-9-29-18/h10-12,18H,2-9,22H2,1H3,(H,23,24). The molecule has 8 nitrogen and oxygen atoms in total. The van der Waals surface area contributed by atoms with Gasteiger partial charge in [-0.2, -0.15) is 5.10 Å². The highest BCUT2D eigenvalue weighted by molar-refractivity contribution is 5.84. The van der Waals surface area contributed by atoms with E-state index in [1.165, 1.54) is 6.07 Å². The lowest BCUT2D eigenvalue weighted by atomic mass is 10.2. The molecule has 0 spiro atoms. The number of hydrogen-bond donors (Lipinski definition) is 2. The summed E-state index contributed by atoms with van der Waals surface area (Å²) in [5.74, 6) is 0.288. The Hall–Kier alpha value is -2.65. The summed E-state index contributed by atoms with van der Waals surface area (Å²) < 4.78 is 22.3. The summed E-state index contributed by atoms with van der Waals surface area (Å²) in [4.78, 5) is 12.1. The Morgan fingerprint density at radius 2 is 2.03 bits per heavy atom. The third-order valence-corrected chi connectivity index (χ3v) is 5.83. The number of hydrogen-bond acceptors (Lipinski definition) is 6. The summed E-state index contributed by atoms with van der Waals surface area (Å²) >= 11 is 0. The first-order valence-corrected chi connectivity index (χ1v) is 10.2. The van der Waals surface area contributed by atoms with Crippen molar-refractivity contribution in [1.29, 1.82) is 0 Å². The molecule has 1 unspecified atom stereocenters. The monoisotopic (exact) mass is 399 g/mol. The number of aromatic amines is 1. The summed E-state index contributed by atoms with van der Waals surface area (Å²) in [6.07, 6.45) is 4.80. The maximum atomic E-state index is 14.8. The van der Waals surface area contributed by atoms with Gasteiger partial charge in [-0.05, 0) is 32.4 Å². The summed E-state index contributed by atoms with van der Waals surface area (Å²) in [6, 6.07) is 3.32. The maximum absolute atomic E-state index is 14.8. The molecule has 1 atom stereocenters. The topological polar surface area (TPSA) is 88.2 Å². The first kappa shape index (κ1) is 18.4. The molecule has 0 radical (unpaired) electrons. The van der Waals surface area contributed by atoms with Gasteiger partial charge in [0.2, 0.25) is 0 Å². The largest absolute Gasteiger partial charge is 0.396 e. The van der Waals surface area contributed by atoms with Crippen molar-refractivity contribution in [3.05, 3.63) is 24.1 Å². The van der Waals surface area contributed by atoms with Crippen molar-refractivity contribution in [3.8, 4) is 11.5 Å². The minimum absolute atomic E-state index is 0.0922. The van der Waals surface area contributed by atoms with Crippen molar-refractivity contribution >= 4 is 22.4 Å². The Bertz CT molecular complexity index is 1020. The lowest BCUT2D eigenvalue weighted by Gasteiger charge is -2.34. The van der Waals surface area contributed by atoms with Crippen molar-refractivity contribution in [3.63, 3.8) is 0 Å². The van der Waals surface area contributed by atoms with E-state index in [0.717, 1.165) is 57.6 Å². The van der Waals surface area contributed by atoms with E-state index in [1.54, 1.807) is 10.9 Å². The Balaban J connectivity index is 1.46. The van der Waals surface area contributed by atoms with Gasteiger partial charge in [0.05, 0.1) is 28.6 Å². The molecule has 0 amide bonds. The number of ether oxygens (including phenoxy) is 1. The molecule has 2 aliphatic rings. The number of anilines is 2. The molecule has 2 saturated heterocycles. The molecule has 2 aliphatic heterocycles. The van der Waals surface area contributed by atoms with Gasteiger partial charge < -0.3 is 25.3 Å². The molecular weight excluding hydrogens is 373 g/mol. The van der Waals surface area contributed by atoms with Gasteiger partial charge in [0.25, 0.3) is 0 Å². The van der Waals surface area contributed by atoms with Gasteiger partial charge in [-0.15, -0.1) is 0 Å². The second kappa shape index (κ2) is 7.31. The van der Waals surface area contributed by atoms with Crippen LogP contribution in [0.1, 0.15) is 25.5 Å². The minimum Gasteiger partial charge on any atom is -0.396 e. The Morgan fingerprint density at radius 3 is 2.79 bits per heavy atom. The fourth-order valence-electron chi connectivity index (χ4n) is 4.09. The number of fused-ring (bicyclic) bond motifs is 1. The molecule has 2 fully saturated rings. The van der Waals surface area contributed by atoms with Crippen LogP contribution in [0, 0.1) is 5.82 Å². The molecule has 0 saturated carbocycles. The zero-order valence-corrected chi connectivity index (χ0v) is 16.6. The van der Waals surface area contributed by atoms with Crippen LogP contribution in [-0.4, -0.2) is 64.5 Å². The summed E-state index contributed by atoms with van der Waals surface area (Å²) in [6.45, 7) is 4.18. The molecule has 154 valence electrons. The average Bonchev–Trinajstić information content (AvgIpc) is 3.31. The van der Waals surface area contributed by atoms with E-state index >= 15 is 0 Å². The second-order valence-electron chi connectivity index (χ2n) is 7.93. The van der Waals surface area contributed by atoms with Crippen LogP contribution in [0.3, 0.4) is 0 Å². The molecule has 4 heterocycles. The van der Waals surface area contributed by atoms with Crippen LogP contribution in [0.5, 0.6) is 0 Å². The number of likely N-dealkylation sites (N-methyl/N-ethyl adjacent to an activating group) is 1. The van der Waals surface area contributed by atoms with E-state index in [2.05, 4.69) is 31.9 Å². The van der Waals surface area contributed by atoms with Gasteiger partial charge in [0.15, 0.2) is 11.5 Å². The third-order valence-electron chi connectivity index (χ3n) is 5.83. The van der Waals surface area contributed by atoms with Crippen molar-refractivity contribution in [2.24, 2.45) is 0 Å². The van der Waals surface area contributed by atoms with Crippen LogP contribution >= 0.6 is 0 Å². The molecule has 3 aromatic rings. The molecule has 0 aliphatic carbocycles. The molecule has 0 bridgehead atoms. The second-order valence-corrected chi connectivity index (χ2v) is 7.93. The zero-order valence-electron chi connectivity index (χ0n) is 16.6. The molecule has 2 aromatic heterocycles. The summed E-state index contributed by atoms with van der Waals surface area (Å²) in [5, 5.41) is 4.61. The molecule has 5 rings (SSSR count). The number of piperazine rings is 1. The number of nitrogens with zero attached hydrogens (tertiary/aromatic N) is 5. The first-order chi connectivity index (χ1) is 14.1. The van der Waals surface area contributed by atoms with E-state index < -0.39 is 0 Å². The van der Waals surface area contributed by atoms with Gasteiger partial charge in [0, 0.05) is 38.9 Å². The van der Waals surface area contributed by atoms with Crippen LogP contribution < -0.4 is 10.6 Å². The highest BCUT2D eigenvalue weighted by Gasteiger charge is 2.22. The molecular formula is C20H26FN7O. The Labute approximate surface area is 168 Å². The van der Waals surface area contributed by atoms with E-state index in [1.807, 2.05) is 6.07 Å². The molecule has 1 aromatic carbocycles. The lowest BCUT2D eigenvalue weighted by Crippen LogP contribution is -2.44. The highest BCUT2D eigenvalue weighted by Crippen LogP contribution is 2.31. The van der Waals surface area contributed by atoms with E-state index in [4.69, 9.17) is 10.5 Å². The van der Waals surface area contributed by atoms with Gasteiger partial charge in [0.1, 0.15) is 12.0 Å². The van der Waals surface area contributed by atoms with Gasteiger partial charge in [-0.3, -0.25) is 0 Å². The lowest BCUT2D eigenvalue weighted by molar-refractivity contribution is -0.0393. The summed E-state index contributed by atoms with van der Waals surface area (Å²) in [5.41, 5.74) is 9.25. The van der Waals surface area contributed by atoms with Crippen LogP contribution in [0.25, 0.3) is 22.6 Å². The number of nitrogens with one attached hydrogen (secondary N) is 1. The predicted molar refractivity (Wildman–Crippen MR) is 110 cm³/mol. The third kappa shape index (κ3) is 3.44. The van der Waals surface area contributed by atoms with Crippen molar-refractivity contribution in [2.75, 3.05) is 50.5 Å². The zero-order chi connectivity index (χ0) is 20.0. The molecule has 3 N–H and O–H groups in total. The SMILES string of the molecule is CN1CCN(c2cc3[nH]c(-c4nn(C5CCCCO5)cc4N)nc3cc2F)CC1. The van der Waals surface area contributed by atoms with Crippen LogP contribution in [-0.2, 0) is 4.74 Å². The van der Waals surface area contributed by atoms with Crippen LogP contribution in [0.2, 0.25) is 0 Å². The fraction of sp³-hybridized carbons (Fsp3) is 0.500. The maximum Gasteiger partial charge on any atom is 0.161 e. The number of imidazole rings is 1.